The van der Waals surface area contributed by atoms with Crippen LogP contribution in [0.25, 0.3) is 0 Å². The second kappa shape index (κ2) is 7.39. The number of nitrogens with one attached hydrogen (secondary N) is 1. The minimum absolute atomic E-state index is 0.0749. The molecule has 0 aliphatic carbocycles. The molecule has 128 valence electrons. The Labute approximate surface area is 136 Å². The molecule has 0 bridgehead atoms. The monoisotopic (exact) mass is 341 g/mol. The predicted octanol–water partition coefficient (Wildman–Crippen LogP) is 0.839. The van der Waals surface area contributed by atoms with E-state index in [4.69, 9.17) is 9.98 Å². The first-order valence-electron chi connectivity index (χ1n) is 7.65. The number of benzene rings is 1. The van der Waals surface area contributed by atoms with Gasteiger partial charge in [0, 0.05) is 12.0 Å². The number of nitrogens with two attached hydrogens (primary N) is 1. The first-order chi connectivity index (χ1) is 10.9. The summed E-state index contributed by atoms with van der Waals surface area (Å²) in [5.41, 5.74) is 2.81. The van der Waals surface area contributed by atoms with E-state index in [0.29, 0.717) is 25.1 Å². The smallest absolute Gasteiger partial charge is 0.274 e. The van der Waals surface area contributed by atoms with Crippen LogP contribution >= 0.6 is 0 Å². The van der Waals surface area contributed by atoms with Crippen molar-refractivity contribution < 1.29 is 18.0 Å². The van der Waals surface area contributed by atoms with Gasteiger partial charge in [0.2, 0.25) is 10.0 Å². The van der Waals surface area contributed by atoms with Gasteiger partial charge in [0.05, 0.1) is 6.61 Å². The lowest BCUT2D eigenvalue weighted by Crippen LogP contribution is -2.54. The van der Waals surface area contributed by atoms with Crippen LogP contribution < -0.4 is 10.6 Å². The van der Waals surface area contributed by atoms with Gasteiger partial charge >= 0.3 is 0 Å². The van der Waals surface area contributed by atoms with Crippen LogP contribution in [0.4, 0.5) is 0 Å². The van der Waals surface area contributed by atoms with Gasteiger partial charge in [-0.25, -0.2) is 19.0 Å². The molecule has 1 aromatic rings. The number of carbonyl (C=O) groups is 1. The van der Waals surface area contributed by atoms with Crippen LogP contribution in [0.1, 0.15) is 36.5 Å². The highest BCUT2D eigenvalue weighted by atomic mass is 32.2. The summed E-state index contributed by atoms with van der Waals surface area (Å²) in [6.45, 7) is 3.28. The second-order valence-electron chi connectivity index (χ2n) is 5.57. The molecular formula is C15H23N3O4S. The van der Waals surface area contributed by atoms with Crippen molar-refractivity contribution in [3.05, 3.63) is 35.9 Å². The molecule has 23 heavy (non-hydrogen) atoms. The van der Waals surface area contributed by atoms with Gasteiger partial charge in [0.25, 0.3) is 5.91 Å². The summed E-state index contributed by atoms with van der Waals surface area (Å²) >= 11 is 0. The van der Waals surface area contributed by atoms with Gasteiger partial charge in [-0.1, -0.05) is 25.1 Å². The van der Waals surface area contributed by atoms with Gasteiger partial charge in [-0.2, -0.15) is 0 Å². The molecule has 1 aromatic carbocycles. The highest BCUT2D eigenvalue weighted by molar-refractivity contribution is 7.90. The fourth-order valence-electron chi connectivity index (χ4n) is 3.08. The van der Waals surface area contributed by atoms with Crippen molar-refractivity contribution in [2.45, 2.75) is 31.1 Å². The van der Waals surface area contributed by atoms with E-state index in [1.807, 2.05) is 17.9 Å². The summed E-state index contributed by atoms with van der Waals surface area (Å²) in [6.07, 6.45) is 1.48. The topological polar surface area (TPSA) is 102 Å². The summed E-state index contributed by atoms with van der Waals surface area (Å²) in [4.78, 5) is 17.8. The van der Waals surface area contributed by atoms with Crippen molar-refractivity contribution in [2.24, 2.45) is 5.14 Å². The van der Waals surface area contributed by atoms with E-state index in [9.17, 15) is 13.2 Å². The third-order valence-electron chi connectivity index (χ3n) is 4.28. The van der Waals surface area contributed by atoms with E-state index in [2.05, 4.69) is 5.48 Å². The van der Waals surface area contributed by atoms with Crippen LogP contribution in [-0.2, 0) is 14.9 Å². The molecule has 1 amide bonds. The molecule has 1 unspecified atom stereocenters. The van der Waals surface area contributed by atoms with E-state index >= 15 is 0 Å². The molecule has 1 aliphatic heterocycles. The molecule has 0 saturated carbocycles. The number of sulfonamides is 1. The van der Waals surface area contributed by atoms with Crippen LogP contribution in [0.2, 0.25) is 0 Å². The molecule has 1 aliphatic rings. The van der Waals surface area contributed by atoms with Gasteiger partial charge < -0.3 is 0 Å². The van der Waals surface area contributed by atoms with Crippen molar-refractivity contribution in [1.82, 2.24) is 10.4 Å². The number of hydroxylamine groups is 1. The molecule has 0 radical (unpaired) electrons. The first kappa shape index (κ1) is 17.9. The summed E-state index contributed by atoms with van der Waals surface area (Å²) < 4.78 is 24.1. The van der Waals surface area contributed by atoms with Gasteiger partial charge in [-0.3, -0.25) is 14.5 Å². The Morgan fingerprint density at radius 1 is 1.39 bits per heavy atom. The van der Waals surface area contributed by atoms with E-state index in [-0.39, 0.29) is 18.9 Å². The third kappa shape index (κ3) is 3.89. The molecule has 1 fully saturated rings. The molecule has 3 N–H and O–H groups in total. The van der Waals surface area contributed by atoms with Gasteiger partial charge in [0.15, 0.2) is 0 Å². The molecule has 8 heteroatoms. The van der Waals surface area contributed by atoms with Crippen molar-refractivity contribution in [1.29, 1.82) is 0 Å². The van der Waals surface area contributed by atoms with Gasteiger partial charge in [-0.15, -0.1) is 0 Å². The number of primary sulfonamides is 1. The Morgan fingerprint density at radius 3 is 2.70 bits per heavy atom. The van der Waals surface area contributed by atoms with Crippen molar-refractivity contribution in [3.8, 4) is 0 Å². The number of nitrogens with zero attached hydrogens (tertiary/aromatic N) is 1. The minimum atomic E-state index is -3.75. The number of likely N-dealkylation sites (tertiary alicyclic amines) is 1. The largest absolute Gasteiger partial charge is 0.284 e. The lowest BCUT2D eigenvalue weighted by molar-refractivity contribution is 0.0210. The lowest BCUT2D eigenvalue weighted by atomic mass is 10.1. The quantitative estimate of drug-likeness (QED) is 0.565. The first-order valence-corrected chi connectivity index (χ1v) is 9.20. The fourth-order valence-corrected chi connectivity index (χ4v) is 4.45. The SMILES string of the molecule is CCN1CCCC1(CCONC(=O)c1ccccc1)S(N)(=O)=O. The fraction of sp³-hybridized carbons (Fsp3) is 0.533. The van der Waals surface area contributed by atoms with E-state index in [1.54, 1.807) is 24.3 Å². The van der Waals surface area contributed by atoms with Crippen LogP contribution in [-0.4, -0.2) is 43.8 Å². The molecule has 0 spiro atoms. The molecule has 1 saturated heterocycles. The van der Waals surface area contributed by atoms with Crippen molar-refractivity contribution >= 4 is 15.9 Å². The molecular weight excluding hydrogens is 318 g/mol. The number of carbonyl (C=O) groups excluding carboxylic acids is 1. The molecule has 2 rings (SSSR count). The minimum Gasteiger partial charge on any atom is -0.284 e. The Hall–Kier alpha value is -1.48. The molecule has 0 aromatic heterocycles. The van der Waals surface area contributed by atoms with Gasteiger partial charge in [0.1, 0.15) is 4.87 Å². The Balaban J connectivity index is 1.92. The average molecular weight is 341 g/mol. The normalized spacial score (nSPS) is 22.2. The summed E-state index contributed by atoms with van der Waals surface area (Å²) in [7, 11) is -3.75. The van der Waals surface area contributed by atoms with E-state index in [1.165, 1.54) is 0 Å². The summed E-state index contributed by atoms with van der Waals surface area (Å²) in [6, 6.07) is 8.65. The van der Waals surface area contributed by atoms with Crippen molar-refractivity contribution in [2.75, 3.05) is 19.7 Å². The number of amides is 1. The molecule has 7 nitrogen and oxygen atoms in total. The summed E-state index contributed by atoms with van der Waals surface area (Å²) in [5, 5.41) is 5.46. The maximum atomic E-state index is 12.1. The molecule has 1 heterocycles. The van der Waals surface area contributed by atoms with E-state index in [0.717, 1.165) is 6.42 Å². The predicted molar refractivity (Wildman–Crippen MR) is 86.8 cm³/mol. The number of hydrogen-bond donors (Lipinski definition) is 2. The van der Waals surface area contributed by atoms with E-state index < -0.39 is 14.9 Å². The van der Waals surface area contributed by atoms with Crippen LogP contribution in [0, 0.1) is 0 Å². The zero-order chi connectivity index (χ0) is 16.9. The molecule has 1 atom stereocenters. The third-order valence-corrected chi connectivity index (χ3v) is 6.00. The second-order valence-corrected chi connectivity index (χ2v) is 7.42. The number of hydrogen-bond acceptors (Lipinski definition) is 5. The average Bonchev–Trinajstić information content (AvgIpc) is 2.96. The standard InChI is InChI=1S/C15H23N3O4S/c1-2-18-11-6-9-15(18,23(16,20)21)10-12-22-17-14(19)13-7-4-3-5-8-13/h3-5,7-8H,2,6,9-12H2,1H3,(H,17,19)(H2,16,20,21). The maximum absolute atomic E-state index is 12.1. The highest BCUT2D eigenvalue weighted by Crippen LogP contribution is 2.35. The summed E-state index contributed by atoms with van der Waals surface area (Å²) in [5.74, 6) is -0.367. The Kier molecular flexibility index (Phi) is 5.74. The van der Waals surface area contributed by atoms with Crippen LogP contribution in [0.3, 0.4) is 0 Å². The Bertz CT molecular complexity index is 635. The number of rotatable bonds is 7. The maximum Gasteiger partial charge on any atom is 0.274 e. The lowest BCUT2D eigenvalue weighted by Gasteiger charge is -2.35. The van der Waals surface area contributed by atoms with Gasteiger partial charge in [-0.05, 0) is 38.1 Å². The zero-order valence-corrected chi connectivity index (χ0v) is 14.0. The Morgan fingerprint density at radius 2 is 2.09 bits per heavy atom. The zero-order valence-electron chi connectivity index (χ0n) is 13.2. The highest BCUT2D eigenvalue weighted by Gasteiger charge is 2.49. The van der Waals surface area contributed by atoms with Crippen molar-refractivity contribution in [3.63, 3.8) is 0 Å². The van der Waals surface area contributed by atoms with Crippen LogP contribution in [0.5, 0.6) is 0 Å². The van der Waals surface area contributed by atoms with Crippen LogP contribution in [0.15, 0.2) is 30.3 Å².